The van der Waals surface area contributed by atoms with E-state index in [1.54, 1.807) is 13.8 Å². The molecule has 0 unspecified atom stereocenters. The summed E-state index contributed by atoms with van der Waals surface area (Å²) in [6.45, 7) is 7.40. The monoisotopic (exact) mass is 524 g/mol. The van der Waals surface area contributed by atoms with Crippen molar-refractivity contribution in [3.8, 4) is 0 Å². The molecule has 0 saturated carbocycles. The number of hydrogen-bond donors (Lipinski definition) is 2. The second kappa shape index (κ2) is 13.5. The minimum absolute atomic E-state index is 0.206. The van der Waals surface area contributed by atoms with Gasteiger partial charge >= 0.3 is 0 Å². The molecule has 2 aliphatic heterocycles. The van der Waals surface area contributed by atoms with E-state index in [-0.39, 0.29) is 23.5 Å². The van der Waals surface area contributed by atoms with Crippen LogP contribution in [-0.2, 0) is 38.1 Å². The number of ether oxygens (including phenoxy) is 5. The van der Waals surface area contributed by atoms with Crippen molar-refractivity contribution < 1.29 is 38.1 Å². The number of fused-ring (bicyclic) bond motifs is 1. The SMILES string of the molecule is CCCNC(=O)[C@H](C)SC(=O)[C@@H](C)O[C@@H]1[C@@H](NC(C)=O)[C@@H](OC)O[C@@H]2CO[C@@H](c3ccccc3)O[C@@H]12. The molecule has 11 heteroatoms. The summed E-state index contributed by atoms with van der Waals surface area (Å²) in [6.07, 6.45) is -3.57. The molecule has 2 amide bonds. The third kappa shape index (κ3) is 7.27. The molecule has 0 radical (unpaired) electrons. The van der Waals surface area contributed by atoms with Gasteiger partial charge in [-0.3, -0.25) is 14.4 Å². The molecule has 10 nitrogen and oxygen atoms in total. The third-order valence-electron chi connectivity index (χ3n) is 5.92. The van der Waals surface area contributed by atoms with Gasteiger partial charge in [-0.15, -0.1) is 0 Å². The number of nitrogens with one attached hydrogen (secondary N) is 2. The fourth-order valence-corrected chi connectivity index (χ4v) is 4.90. The van der Waals surface area contributed by atoms with Crippen molar-refractivity contribution >= 4 is 28.7 Å². The minimum Gasteiger partial charge on any atom is -0.361 e. The van der Waals surface area contributed by atoms with Gasteiger partial charge in [0, 0.05) is 26.1 Å². The van der Waals surface area contributed by atoms with Gasteiger partial charge in [-0.2, -0.15) is 0 Å². The van der Waals surface area contributed by atoms with Crippen LogP contribution in [0.5, 0.6) is 0 Å². The van der Waals surface area contributed by atoms with Gasteiger partial charge in [-0.1, -0.05) is 49.0 Å². The quantitative estimate of drug-likeness (QED) is 0.473. The van der Waals surface area contributed by atoms with Crippen molar-refractivity contribution in [2.24, 2.45) is 0 Å². The molecule has 0 spiro atoms. The van der Waals surface area contributed by atoms with Gasteiger partial charge in [0.15, 0.2) is 12.6 Å². The first-order valence-electron chi connectivity index (χ1n) is 12.2. The van der Waals surface area contributed by atoms with E-state index in [0.29, 0.717) is 6.54 Å². The predicted molar refractivity (Wildman–Crippen MR) is 133 cm³/mol. The van der Waals surface area contributed by atoms with E-state index >= 15 is 0 Å². The molecule has 2 aliphatic rings. The first-order valence-corrected chi connectivity index (χ1v) is 13.0. The van der Waals surface area contributed by atoms with E-state index in [0.717, 1.165) is 23.7 Å². The van der Waals surface area contributed by atoms with Crippen molar-refractivity contribution in [3.05, 3.63) is 35.9 Å². The molecule has 0 bridgehead atoms. The average Bonchev–Trinajstić information content (AvgIpc) is 2.88. The van der Waals surface area contributed by atoms with E-state index in [1.807, 2.05) is 37.3 Å². The number of methoxy groups -OCH3 is 1. The van der Waals surface area contributed by atoms with Crippen LogP contribution in [0, 0.1) is 0 Å². The fourth-order valence-electron chi connectivity index (χ4n) is 4.11. The zero-order valence-corrected chi connectivity index (χ0v) is 22.1. The summed E-state index contributed by atoms with van der Waals surface area (Å²) in [6, 6.07) is 8.71. The Balaban J connectivity index is 1.78. The lowest BCUT2D eigenvalue weighted by Crippen LogP contribution is -2.67. The number of amides is 2. The normalized spacial score (nSPS) is 29.5. The number of hydrogen-bond acceptors (Lipinski definition) is 9. The zero-order chi connectivity index (χ0) is 26.2. The van der Waals surface area contributed by atoms with Crippen LogP contribution < -0.4 is 10.6 Å². The van der Waals surface area contributed by atoms with Crippen LogP contribution in [0.3, 0.4) is 0 Å². The molecule has 1 aromatic rings. The fraction of sp³-hybridized carbons (Fsp3) is 0.640. The van der Waals surface area contributed by atoms with Gasteiger partial charge in [0.1, 0.15) is 30.5 Å². The molecule has 1 aromatic carbocycles. The molecule has 3 rings (SSSR count). The largest absolute Gasteiger partial charge is 0.361 e. The van der Waals surface area contributed by atoms with Crippen molar-refractivity contribution in [2.75, 3.05) is 20.3 Å². The lowest BCUT2D eigenvalue weighted by atomic mass is 9.95. The molecule has 2 N–H and O–H groups in total. The topological polar surface area (TPSA) is 121 Å². The zero-order valence-electron chi connectivity index (χ0n) is 21.3. The van der Waals surface area contributed by atoms with Gasteiger partial charge in [0.2, 0.25) is 16.9 Å². The number of carbonyl (C=O) groups excluding carboxylic acids is 3. The minimum atomic E-state index is -0.893. The maximum atomic E-state index is 13.0. The lowest BCUT2D eigenvalue weighted by molar-refractivity contribution is -0.347. The second-order valence-corrected chi connectivity index (χ2v) is 10.1. The van der Waals surface area contributed by atoms with Crippen LogP contribution in [-0.4, -0.2) is 79.2 Å². The molecule has 2 heterocycles. The molecule has 200 valence electrons. The van der Waals surface area contributed by atoms with E-state index in [9.17, 15) is 14.4 Å². The Kier molecular flexibility index (Phi) is 10.7. The molecule has 2 saturated heterocycles. The number of carbonyl (C=O) groups is 3. The van der Waals surface area contributed by atoms with Crippen molar-refractivity contribution in [3.63, 3.8) is 0 Å². The highest BCUT2D eigenvalue weighted by Crippen LogP contribution is 2.36. The Bertz CT molecular complexity index is 888. The predicted octanol–water partition coefficient (Wildman–Crippen LogP) is 1.92. The third-order valence-corrected chi connectivity index (χ3v) is 7.05. The van der Waals surface area contributed by atoms with Gasteiger partial charge in [0.25, 0.3) is 0 Å². The highest BCUT2D eigenvalue weighted by Gasteiger charge is 2.52. The second-order valence-electron chi connectivity index (χ2n) is 8.79. The standard InChI is InChI=1S/C25H36N2O8S/c1-6-12-26-22(29)15(3)36-23(30)14(2)33-21-19(27-16(4)28)25(31-5)34-18-13-32-24(35-20(18)21)17-10-8-7-9-11-17/h7-11,14-15,18-21,24-25H,6,12-13H2,1-5H3,(H,26,29)(H,27,28)/t14-,15+,18-,19-,20-,21-,24-,25+/m1/s1. The molecular formula is C25H36N2O8S. The van der Waals surface area contributed by atoms with Crippen LogP contribution in [0.15, 0.2) is 30.3 Å². The summed E-state index contributed by atoms with van der Waals surface area (Å²) in [5.74, 6) is -0.512. The lowest BCUT2D eigenvalue weighted by Gasteiger charge is -2.49. The van der Waals surface area contributed by atoms with Gasteiger partial charge in [-0.05, 0) is 20.3 Å². The number of rotatable bonds is 10. The highest BCUT2D eigenvalue weighted by atomic mass is 32.2. The van der Waals surface area contributed by atoms with Crippen LogP contribution in [0.4, 0.5) is 0 Å². The van der Waals surface area contributed by atoms with Crippen molar-refractivity contribution in [1.82, 2.24) is 10.6 Å². The van der Waals surface area contributed by atoms with Gasteiger partial charge < -0.3 is 34.3 Å². The number of benzene rings is 1. The van der Waals surface area contributed by atoms with Crippen LogP contribution >= 0.6 is 11.8 Å². The Morgan fingerprint density at radius 2 is 1.89 bits per heavy atom. The smallest absolute Gasteiger partial charge is 0.233 e. The van der Waals surface area contributed by atoms with Crippen LogP contribution in [0.25, 0.3) is 0 Å². The molecule has 2 fully saturated rings. The first kappa shape index (κ1) is 28.5. The van der Waals surface area contributed by atoms with E-state index in [2.05, 4.69) is 10.6 Å². The summed E-state index contributed by atoms with van der Waals surface area (Å²) < 4.78 is 30.0. The summed E-state index contributed by atoms with van der Waals surface area (Å²) in [5.41, 5.74) is 0.825. The Morgan fingerprint density at radius 1 is 1.17 bits per heavy atom. The maximum Gasteiger partial charge on any atom is 0.233 e. The van der Waals surface area contributed by atoms with Gasteiger partial charge in [0.05, 0.1) is 11.9 Å². The molecule has 8 atom stereocenters. The van der Waals surface area contributed by atoms with Crippen LogP contribution in [0.2, 0.25) is 0 Å². The van der Waals surface area contributed by atoms with Crippen molar-refractivity contribution in [2.45, 2.75) is 82.4 Å². The molecule has 0 aromatic heterocycles. The summed E-state index contributed by atoms with van der Waals surface area (Å²) >= 11 is 0.912. The van der Waals surface area contributed by atoms with E-state index in [1.165, 1.54) is 14.0 Å². The summed E-state index contributed by atoms with van der Waals surface area (Å²) in [5, 5.41) is 4.74. The summed E-state index contributed by atoms with van der Waals surface area (Å²) in [7, 11) is 1.47. The first-order chi connectivity index (χ1) is 17.2. The average molecular weight is 525 g/mol. The summed E-state index contributed by atoms with van der Waals surface area (Å²) in [4.78, 5) is 37.2. The number of thioether (sulfide) groups is 1. The van der Waals surface area contributed by atoms with Crippen molar-refractivity contribution in [1.29, 1.82) is 0 Å². The molecular weight excluding hydrogens is 488 g/mol. The van der Waals surface area contributed by atoms with Crippen LogP contribution in [0.1, 0.15) is 46.0 Å². The Hall–Kier alpha value is -2.02. The Labute approximate surface area is 216 Å². The van der Waals surface area contributed by atoms with Gasteiger partial charge in [-0.25, -0.2) is 0 Å². The highest BCUT2D eigenvalue weighted by molar-refractivity contribution is 8.14. The Morgan fingerprint density at radius 3 is 2.53 bits per heavy atom. The van der Waals surface area contributed by atoms with E-state index < -0.39 is 48.3 Å². The molecule has 36 heavy (non-hydrogen) atoms. The maximum absolute atomic E-state index is 13.0. The molecule has 0 aliphatic carbocycles. The van der Waals surface area contributed by atoms with E-state index in [4.69, 9.17) is 23.7 Å².